The Morgan fingerprint density at radius 2 is 1.38 bits per heavy atom. The van der Waals surface area contributed by atoms with Gasteiger partial charge in [-0.3, -0.25) is 9.59 Å². The molecule has 0 radical (unpaired) electrons. The number of alkyl carbamates (subject to hydrolysis) is 2. The number of amides is 4. The Morgan fingerprint density at radius 1 is 0.768 bits per heavy atom. The molecule has 69 heavy (non-hydrogen) atoms. The van der Waals surface area contributed by atoms with Gasteiger partial charge in [-0.2, -0.15) is 8.78 Å². The van der Waals surface area contributed by atoms with E-state index in [4.69, 9.17) is 24.2 Å². The summed E-state index contributed by atoms with van der Waals surface area (Å²) >= 11 is 0. The fourth-order valence-electron chi connectivity index (χ4n) is 9.79. The molecule has 0 saturated carbocycles. The van der Waals surface area contributed by atoms with E-state index in [0.29, 0.717) is 35.7 Å². The number of H-pyrrole nitrogens is 2. The summed E-state index contributed by atoms with van der Waals surface area (Å²) in [5.41, 5.74) is 4.81. The van der Waals surface area contributed by atoms with Crippen molar-refractivity contribution in [3.63, 3.8) is 0 Å². The van der Waals surface area contributed by atoms with Crippen LogP contribution in [-0.4, -0.2) is 98.8 Å². The number of carbonyl (C=O) groups excluding carboxylic acids is 4. The van der Waals surface area contributed by atoms with Crippen LogP contribution in [0, 0.1) is 11.8 Å². The number of fused-ring (bicyclic) bond motifs is 6. The van der Waals surface area contributed by atoms with Crippen LogP contribution in [0.15, 0.2) is 91.0 Å². The molecular formula is C52H56F2N8O7. The lowest BCUT2D eigenvalue weighted by molar-refractivity contribution is -0.139. The van der Waals surface area contributed by atoms with Crippen LogP contribution in [0.3, 0.4) is 0 Å². The number of aromatic nitrogens is 4. The summed E-state index contributed by atoms with van der Waals surface area (Å²) in [6.45, 7) is 6.41. The number of alkyl halides is 2. The number of halogens is 2. The van der Waals surface area contributed by atoms with Gasteiger partial charge in [-0.25, -0.2) is 19.6 Å². The molecule has 0 bridgehead atoms. The molecule has 2 fully saturated rings. The van der Waals surface area contributed by atoms with Gasteiger partial charge in [-0.1, -0.05) is 80.6 Å². The normalized spacial score (nSPS) is 18.4. The zero-order valence-electron chi connectivity index (χ0n) is 39.3. The monoisotopic (exact) mass is 942 g/mol. The number of benzene rings is 5. The Labute approximate surface area is 397 Å². The number of nitrogens with one attached hydrogen (secondary N) is 4. The second kappa shape index (κ2) is 19.1. The van der Waals surface area contributed by atoms with E-state index < -0.39 is 54.3 Å². The highest BCUT2D eigenvalue weighted by atomic mass is 19.3. The second-order valence-corrected chi connectivity index (χ2v) is 19.3. The van der Waals surface area contributed by atoms with Crippen molar-refractivity contribution < 1.29 is 42.2 Å². The minimum atomic E-state index is -2.96. The minimum Gasteiger partial charge on any atom is -0.453 e. The molecule has 9 rings (SSSR count). The molecule has 4 amide bonds. The van der Waals surface area contributed by atoms with Crippen molar-refractivity contribution in [3.8, 4) is 11.1 Å². The molecule has 7 aromatic rings. The molecule has 4 N–H and O–H groups in total. The quantitative estimate of drug-likeness (QED) is 0.0926. The second-order valence-electron chi connectivity index (χ2n) is 19.3. The lowest BCUT2D eigenvalue weighted by Crippen LogP contribution is -2.51. The number of carbonyl (C=O) groups is 4. The molecule has 2 aliphatic rings. The van der Waals surface area contributed by atoms with Gasteiger partial charge in [0.1, 0.15) is 29.3 Å². The van der Waals surface area contributed by atoms with Gasteiger partial charge < -0.3 is 44.6 Å². The van der Waals surface area contributed by atoms with E-state index in [1.165, 1.54) is 7.11 Å². The zero-order chi connectivity index (χ0) is 48.7. The maximum Gasteiger partial charge on any atom is 0.408 e. The summed E-state index contributed by atoms with van der Waals surface area (Å²) in [4.78, 5) is 74.0. The Bertz CT molecular complexity index is 3060. The number of ether oxygens (including phenoxy) is 3. The summed E-state index contributed by atoms with van der Waals surface area (Å²) in [6.07, 6.45) is 0.444. The molecule has 0 aliphatic carbocycles. The highest BCUT2D eigenvalue weighted by molar-refractivity contribution is 6.07. The van der Waals surface area contributed by atoms with Gasteiger partial charge in [0, 0.05) is 29.8 Å². The van der Waals surface area contributed by atoms with Gasteiger partial charge >= 0.3 is 18.8 Å². The molecule has 4 heterocycles. The first-order valence-corrected chi connectivity index (χ1v) is 23.3. The summed E-state index contributed by atoms with van der Waals surface area (Å²) in [5.74, 6) is 0.0197. The van der Waals surface area contributed by atoms with Crippen molar-refractivity contribution in [2.24, 2.45) is 11.8 Å². The minimum absolute atomic E-state index is 0.103. The van der Waals surface area contributed by atoms with Crippen LogP contribution >= 0.6 is 0 Å². The highest BCUT2D eigenvalue weighted by Gasteiger charge is 2.42. The standard InChI is InChI=1S/C52H56F2N8O7/c1-28(2)41(59-50(65)67-6)47(63)61-22-10-13-39(61)45-55-37-20-16-33-24-31(14-18-35(33)43(37)57-45)32-15-19-36-34(25-32)17-21-38-44(36)58-46(56-38)40-23-29(27-68-49(53)54)26-62(40)48(64)42(30-11-8-7-9-12-30)60-51(66)69-52(3,4)5/h7-9,11-12,14-21,24-25,28-29,39-42,49H,10,13,22-23,26-27H2,1-6H3,(H,55,57)(H,56,58)(H,59,65)(H,60,66). The van der Waals surface area contributed by atoms with Crippen molar-refractivity contribution in [1.29, 1.82) is 0 Å². The van der Waals surface area contributed by atoms with Crippen LogP contribution in [0.1, 0.15) is 89.2 Å². The average molecular weight is 943 g/mol. The van der Waals surface area contributed by atoms with Gasteiger partial charge in [0.2, 0.25) is 5.91 Å². The zero-order valence-corrected chi connectivity index (χ0v) is 39.3. The Hall–Kier alpha value is -7.14. The molecule has 360 valence electrons. The molecule has 5 aromatic carbocycles. The van der Waals surface area contributed by atoms with Gasteiger partial charge in [0.05, 0.1) is 47.9 Å². The number of likely N-dealkylation sites (tertiary alicyclic amines) is 2. The van der Waals surface area contributed by atoms with Gasteiger partial charge in [0.25, 0.3) is 5.91 Å². The van der Waals surface area contributed by atoms with E-state index in [-0.39, 0.29) is 31.0 Å². The van der Waals surface area contributed by atoms with Crippen molar-refractivity contribution >= 4 is 67.6 Å². The molecule has 2 saturated heterocycles. The first kappa shape index (κ1) is 46.9. The molecule has 5 atom stereocenters. The van der Waals surface area contributed by atoms with Gasteiger partial charge in [0.15, 0.2) is 0 Å². The smallest absolute Gasteiger partial charge is 0.408 e. The third-order valence-electron chi connectivity index (χ3n) is 13.0. The molecule has 5 unspecified atom stereocenters. The molecular weight excluding hydrogens is 887 g/mol. The van der Waals surface area contributed by atoms with E-state index in [0.717, 1.165) is 62.1 Å². The summed E-state index contributed by atoms with van der Waals surface area (Å²) in [6, 6.07) is 26.5. The molecule has 0 spiro atoms. The van der Waals surface area contributed by atoms with E-state index in [1.54, 1.807) is 54.8 Å². The van der Waals surface area contributed by atoms with Crippen LogP contribution in [0.4, 0.5) is 18.4 Å². The lowest BCUT2D eigenvalue weighted by atomic mass is 9.98. The first-order valence-electron chi connectivity index (χ1n) is 23.3. The number of hydrogen-bond donors (Lipinski definition) is 4. The van der Waals surface area contributed by atoms with Gasteiger partial charge in [-0.05, 0) is 97.7 Å². The molecule has 2 aromatic heterocycles. The molecule has 2 aliphatic heterocycles. The lowest BCUT2D eigenvalue weighted by Gasteiger charge is -2.29. The van der Waals surface area contributed by atoms with Crippen LogP contribution in [0.5, 0.6) is 0 Å². The number of rotatable bonds is 12. The fourth-order valence-corrected chi connectivity index (χ4v) is 9.79. The molecule has 15 nitrogen and oxygen atoms in total. The third-order valence-corrected chi connectivity index (χ3v) is 13.0. The summed E-state index contributed by atoms with van der Waals surface area (Å²) in [5, 5.41) is 9.25. The van der Waals surface area contributed by atoms with E-state index >= 15 is 0 Å². The van der Waals surface area contributed by atoms with Crippen LogP contribution < -0.4 is 10.6 Å². The Kier molecular flexibility index (Phi) is 13.0. The SMILES string of the molecule is COC(=O)NC(C(=O)N1CCCC1c1nc2c(ccc3cc(-c4ccc5c(ccc6[nH]c(C7CC(COC(F)F)CN7C(=O)C(NC(=O)OC(C)(C)C)c7ccccc7)nc65)c4)ccc32)[nH]1)C(C)C. The number of hydrogen-bond acceptors (Lipinski definition) is 9. The highest BCUT2D eigenvalue weighted by Crippen LogP contribution is 2.40. The number of nitrogens with zero attached hydrogens (tertiary/aromatic N) is 4. The Balaban J connectivity index is 0.989. The summed E-state index contributed by atoms with van der Waals surface area (Å²) < 4.78 is 41.6. The van der Waals surface area contributed by atoms with Crippen molar-refractivity contribution in [3.05, 3.63) is 108 Å². The Morgan fingerprint density at radius 3 is 1.94 bits per heavy atom. The fraction of sp³-hybridized carbons (Fsp3) is 0.385. The maximum absolute atomic E-state index is 14.6. The number of imidazole rings is 2. The first-order chi connectivity index (χ1) is 33.0. The van der Waals surface area contributed by atoms with E-state index in [9.17, 15) is 28.0 Å². The van der Waals surface area contributed by atoms with Crippen molar-refractivity contribution in [1.82, 2.24) is 40.4 Å². The van der Waals surface area contributed by atoms with E-state index in [2.05, 4.69) is 50.9 Å². The topological polar surface area (TPSA) is 184 Å². The van der Waals surface area contributed by atoms with Crippen LogP contribution in [0.2, 0.25) is 0 Å². The maximum atomic E-state index is 14.6. The van der Waals surface area contributed by atoms with Gasteiger partial charge in [-0.15, -0.1) is 0 Å². The molecule has 17 heteroatoms. The number of methoxy groups -OCH3 is 1. The van der Waals surface area contributed by atoms with Crippen LogP contribution in [0.25, 0.3) is 54.7 Å². The summed E-state index contributed by atoms with van der Waals surface area (Å²) in [7, 11) is 1.28. The van der Waals surface area contributed by atoms with Crippen LogP contribution in [-0.2, 0) is 23.8 Å². The third kappa shape index (κ3) is 9.78. The van der Waals surface area contributed by atoms with E-state index in [1.807, 2.05) is 50.2 Å². The predicted molar refractivity (Wildman–Crippen MR) is 257 cm³/mol. The largest absolute Gasteiger partial charge is 0.453 e. The average Bonchev–Trinajstić information content (AvgIpc) is 4.16. The van der Waals surface area contributed by atoms with Crippen molar-refractivity contribution in [2.45, 2.75) is 90.3 Å². The number of aromatic amines is 2. The predicted octanol–water partition coefficient (Wildman–Crippen LogP) is 9.85. The van der Waals surface area contributed by atoms with Crippen molar-refractivity contribution in [2.75, 3.05) is 26.8 Å².